The number of halogens is 1. The van der Waals surface area contributed by atoms with E-state index in [-0.39, 0.29) is 142 Å². The molecule has 20 rings (SSSR count). The Kier molecular flexibility index (Phi) is 32.3. The molecule has 0 radical (unpaired) electrons. The first kappa shape index (κ1) is 109. The fourth-order valence-electron chi connectivity index (χ4n) is 22.5. The van der Waals surface area contributed by atoms with E-state index in [1.54, 1.807) is 89.5 Å². The number of hydrogen-bond donors (Lipinski definition) is 3. The van der Waals surface area contributed by atoms with Gasteiger partial charge in [0.25, 0.3) is 0 Å². The molecule has 14 aliphatic rings. The lowest BCUT2D eigenvalue weighted by Crippen LogP contribution is -2.71. The van der Waals surface area contributed by atoms with Gasteiger partial charge in [0.15, 0.2) is 80.1 Å². The topological polar surface area (TPSA) is 432 Å². The highest BCUT2D eigenvalue weighted by Crippen LogP contribution is 2.69. The van der Waals surface area contributed by atoms with E-state index in [9.17, 15) is 49.2 Å². The average Bonchev–Trinajstić information content (AvgIpc) is 1.67. The molecule has 6 aromatic rings. The van der Waals surface area contributed by atoms with Crippen LogP contribution in [0.25, 0.3) is 0 Å². The Bertz CT molecular complexity index is 6260. The first-order chi connectivity index (χ1) is 68.2. The maximum absolute atomic E-state index is 15.3. The van der Waals surface area contributed by atoms with Gasteiger partial charge in [0.1, 0.15) is 48.0 Å². The van der Waals surface area contributed by atoms with Crippen LogP contribution in [0.3, 0.4) is 0 Å². The third-order valence-corrected chi connectivity index (χ3v) is 31.0. The molecule has 4 saturated heterocycles. The standard InChI is InChI=1S/C52H60N4O14S.C48H54N4O13S.C4H7ClO.2CH4/c1-11-13-36(58)68-35-19-28-15-16-54-52(30(28)20-34(35)62-9)23-71-48-40-39(46-45(65-24-66-46)26(4)44(40)67-27(5)57)33(22-64-49(52)60)55-32(21-53)31-18-29-17-25(3)43(63-10)47(69-37(59)14-12-2)38(29)41(42(48)55)56(31)50(61)70-51(6,7)8;1-10-11-33(54)64-32-16-25-12-13-50-48(27(25)17-31(32)58-8)20-66-44-36-35(43-42(61-21-62-43)23(3)41(36)63-24(4)53)30(19-60-45(48)56)51-29(18-49)28-15-26-14-22(2)40(59-9)39(55)34(26)37(38(44)51)52(28)46(57)65-47(5,6)7;1-2-3-4(5)6;;/h17,19-20,31-33,41-42,48,54H,11-16,18,22-24H2,1-10H3;14,16-17,28-30,37-38,44,50,55H,10-13,15,19-21H2,1-9H3;2-3H2,1H3;2*1H4/t31-,32-,33-,41+,42?,48+,52+;28-,29-,30-,37+,38?,44+,48+;;;/m00.../s1. The van der Waals surface area contributed by atoms with Crippen LogP contribution in [0.1, 0.15) is 273 Å². The Morgan fingerprint density at radius 2 is 0.869 bits per heavy atom. The molecule has 39 heteroatoms. The van der Waals surface area contributed by atoms with Gasteiger partial charge in [-0.2, -0.15) is 10.5 Å². The molecule has 780 valence electrons. The molecule has 3 N–H and O–H groups in total. The van der Waals surface area contributed by atoms with Crippen molar-refractivity contribution in [2.75, 3.05) is 79.8 Å². The van der Waals surface area contributed by atoms with E-state index >= 15 is 14.4 Å². The molecule has 2 amide bonds. The molecule has 145 heavy (non-hydrogen) atoms. The van der Waals surface area contributed by atoms with Crippen LogP contribution in [0.2, 0.25) is 0 Å². The number of benzene rings is 6. The summed E-state index contributed by atoms with van der Waals surface area (Å²) in [6.07, 6.45) is 3.44. The van der Waals surface area contributed by atoms with Crippen LogP contribution in [0.15, 0.2) is 36.4 Å². The summed E-state index contributed by atoms with van der Waals surface area (Å²) in [5.41, 5.74) is 4.40. The molecule has 36 nitrogen and oxygen atoms in total. The van der Waals surface area contributed by atoms with Gasteiger partial charge >= 0.3 is 54.0 Å². The molecule has 2 spiro atoms. The van der Waals surface area contributed by atoms with Crippen LogP contribution < -0.4 is 72.2 Å². The van der Waals surface area contributed by atoms with Crippen molar-refractivity contribution >= 4 is 94.3 Å². The molecule has 6 aromatic carbocycles. The van der Waals surface area contributed by atoms with Crippen LogP contribution in [-0.4, -0.2) is 211 Å². The highest BCUT2D eigenvalue weighted by Gasteiger charge is 2.68. The lowest BCUT2D eigenvalue weighted by Gasteiger charge is -2.62. The van der Waals surface area contributed by atoms with Gasteiger partial charge < -0.3 is 85.6 Å². The number of hydrogen-bond acceptors (Lipinski definition) is 36. The summed E-state index contributed by atoms with van der Waals surface area (Å²) in [5.74, 6) is -0.498. The SMILES string of the molecule is C.C.CCCC(=O)Cl.CCCC(=O)Oc1cc2c(cc1OC)[C@@]1(CS[C@@H]3c4c(OC(C)=O)c(C)c5c(c4[C@H](COC1=O)N1C3[C@H]3c4c(cc(C)c(OC)c4O)C[C@@H]([C@@H]1C#N)N3C(=O)OC(C)(C)C)OCO5)NCC2.CCCC(=O)Oc1cc2c(cc1OC)[C@@]1(CS[C@@H]3c4c(OC(C)=O)c(C)c5c(c4[C@H](COC1=O)N1C3[C@H]3c4c(cc(C)c(OC)c4OC(=O)CCC)C[C@@H]([C@@H]1C#N)N3C(=O)OC(C)(C)C)OCO5)NCC2. The molecule has 14 aliphatic heterocycles. The van der Waals surface area contributed by atoms with Crippen molar-refractivity contribution in [2.45, 2.75) is 296 Å². The predicted molar refractivity (Wildman–Crippen MR) is 532 cm³/mol. The van der Waals surface area contributed by atoms with Crippen LogP contribution in [0.5, 0.6) is 80.5 Å². The van der Waals surface area contributed by atoms with Crippen molar-refractivity contribution in [2.24, 2.45) is 0 Å². The Hall–Kier alpha value is -12.2. The summed E-state index contributed by atoms with van der Waals surface area (Å²) in [6, 6.07) is 6.35. The lowest BCUT2D eigenvalue weighted by molar-refractivity contribution is -0.158. The van der Waals surface area contributed by atoms with Crippen LogP contribution in [0.4, 0.5) is 9.59 Å². The molecule has 0 saturated carbocycles. The van der Waals surface area contributed by atoms with Crippen molar-refractivity contribution in [3.8, 4) is 92.6 Å². The summed E-state index contributed by atoms with van der Waals surface area (Å²) in [4.78, 5) is 143. The van der Waals surface area contributed by atoms with Crippen LogP contribution >= 0.6 is 35.1 Å². The third kappa shape index (κ3) is 19.5. The number of esters is 7. The number of thioether (sulfide) groups is 2. The molecule has 4 fully saturated rings. The van der Waals surface area contributed by atoms with Gasteiger partial charge in [0, 0.05) is 109 Å². The number of aryl methyl sites for hydroxylation is 2. The number of carbonyl (C=O) groups excluding carboxylic acids is 10. The second-order valence-corrected chi connectivity index (χ2v) is 42.0. The molecule has 14 atom stereocenters. The Labute approximate surface area is 857 Å². The van der Waals surface area contributed by atoms with Crippen LogP contribution in [-0.2, 0) is 94.1 Å². The van der Waals surface area contributed by atoms with Crippen molar-refractivity contribution in [1.82, 2.24) is 30.2 Å². The van der Waals surface area contributed by atoms with Gasteiger partial charge in [-0.05, 0) is 201 Å². The van der Waals surface area contributed by atoms with E-state index in [1.165, 1.54) is 65.8 Å². The number of fused-ring (bicyclic) bond motifs is 18. The highest BCUT2D eigenvalue weighted by atomic mass is 35.5. The van der Waals surface area contributed by atoms with E-state index in [0.29, 0.717) is 147 Å². The number of phenolic OH excluding ortho intramolecular Hbond substituents is 1. The minimum Gasteiger partial charge on any atom is -0.504 e. The lowest BCUT2D eigenvalue weighted by atomic mass is 9.71. The summed E-state index contributed by atoms with van der Waals surface area (Å²) in [6.45, 7) is 27.7. The van der Waals surface area contributed by atoms with Gasteiger partial charge in [-0.15, -0.1) is 23.5 Å². The van der Waals surface area contributed by atoms with Gasteiger partial charge in [-0.3, -0.25) is 59.0 Å². The van der Waals surface area contributed by atoms with Gasteiger partial charge in [0.05, 0.1) is 99.4 Å². The maximum atomic E-state index is 15.3. The van der Waals surface area contributed by atoms with E-state index in [2.05, 4.69) is 22.8 Å². The summed E-state index contributed by atoms with van der Waals surface area (Å²) >= 11 is 7.63. The predicted octanol–water partition coefficient (Wildman–Crippen LogP) is 16.4. The van der Waals surface area contributed by atoms with Crippen LogP contribution in [0, 0.1) is 50.4 Å². The summed E-state index contributed by atoms with van der Waals surface area (Å²) in [7, 11) is 5.88. The Morgan fingerprint density at radius 3 is 1.23 bits per heavy atom. The Balaban J connectivity index is 0.000000215. The number of ether oxygens (including phenoxy) is 17. The number of piperazine rings is 2. The van der Waals surface area contributed by atoms with Gasteiger partial charge in [-0.25, -0.2) is 19.2 Å². The number of methoxy groups -OCH3 is 4. The van der Waals surface area contributed by atoms with Crippen molar-refractivity contribution in [1.29, 1.82) is 10.5 Å². The van der Waals surface area contributed by atoms with Crippen molar-refractivity contribution in [3.63, 3.8) is 0 Å². The van der Waals surface area contributed by atoms with E-state index in [1.807, 2.05) is 63.5 Å². The normalized spacial score (nSPS) is 24.3. The second kappa shape index (κ2) is 43.1. The number of nitriles is 2. The monoisotopic (exact) mass is 2060 g/mol. The van der Waals surface area contributed by atoms with E-state index in [4.69, 9.17) is 92.1 Å². The smallest absolute Gasteiger partial charge is 0.411 e. The first-order valence-electron chi connectivity index (χ1n) is 48.2. The summed E-state index contributed by atoms with van der Waals surface area (Å²) in [5, 5.41) is 40.6. The number of nitrogens with one attached hydrogen (secondary N) is 2. The first-order valence-corrected chi connectivity index (χ1v) is 50.7. The highest BCUT2D eigenvalue weighted by molar-refractivity contribution is 7.99. The number of amides is 2. The van der Waals surface area contributed by atoms with E-state index in [0.717, 1.165) is 28.7 Å². The molecule has 0 aromatic heterocycles. The largest absolute Gasteiger partial charge is 0.504 e. The fraction of sp³-hybridized carbons (Fsp3) is 0.547. The zero-order valence-corrected chi connectivity index (χ0v) is 86.3. The van der Waals surface area contributed by atoms with Gasteiger partial charge in [0.2, 0.25) is 18.8 Å². The number of phenols is 1. The average molecular weight is 2060 g/mol. The molecular weight excluding hydrogens is 1930 g/mol. The minimum atomic E-state index is -1.55. The van der Waals surface area contributed by atoms with Gasteiger partial charge in [-0.1, -0.05) is 54.7 Å². The van der Waals surface area contributed by atoms with Crippen molar-refractivity contribution < 1.29 is 134 Å². The third-order valence-electron chi connectivity index (χ3n) is 27.9. The molecule has 0 aliphatic carbocycles. The summed E-state index contributed by atoms with van der Waals surface area (Å²) < 4.78 is 104. The molecular formula is C106H129ClN8O28S2. The Morgan fingerprint density at radius 1 is 0.483 bits per heavy atom. The van der Waals surface area contributed by atoms with Crippen molar-refractivity contribution in [3.05, 3.63) is 125 Å². The molecule has 2 unspecified atom stereocenters. The number of carbonyl (C=O) groups is 10. The van der Waals surface area contributed by atoms with E-state index < -0.39 is 147 Å². The molecule has 8 bridgehead atoms. The number of aromatic hydroxyl groups is 1. The second-order valence-electron chi connectivity index (χ2n) is 39.3. The molecule has 14 heterocycles. The maximum Gasteiger partial charge on any atom is 0.411 e. The number of nitrogens with zero attached hydrogens (tertiary/aromatic N) is 6. The zero-order chi connectivity index (χ0) is 103. The number of rotatable bonds is 17. The quantitative estimate of drug-likeness (QED) is 0.0330. The minimum absolute atomic E-state index is 0. The zero-order valence-electron chi connectivity index (χ0n) is 83.9. The fourth-order valence-corrected chi connectivity index (χ4v) is 26.1.